The van der Waals surface area contributed by atoms with Gasteiger partial charge in [0.05, 0.1) is 6.61 Å². The van der Waals surface area contributed by atoms with Gasteiger partial charge in [0.1, 0.15) is 17.2 Å². The fourth-order valence-corrected chi connectivity index (χ4v) is 4.41. The van der Waals surface area contributed by atoms with E-state index in [1.54, 1.807) is 42.2 Å². The number of aliphatic imine (C=N–C) groups is 1. The number of carbonyl (C=O) groups excluding carboxylic acids is 1. The number of phenolic OH excluding ortho intramolecular Hbond substituents is 1. The number of amides is 1. The number of piperidine rings is 1. The first-order valence-electron chi connectivity index (χ1n) is 10.4. The second-order valence-corrected chi connectivity index (χ2v) is 8.33. The third-order valence-corrected chi connectivity index (χ3v) is 6.08. The Labute approximate surface area is 185 Å². The Morgan fingerprint density at radius 2 is 2.00 bits per heavy atom. The van der Waals surface area contributed by atoms with Crippen molar-refractivity contribution in [1.29, 1.82) is 0 Å². The molecule has 0 saturated carbocycles. The maximum atomic E-state index is 13.5. The molecular weight excluding hydrogens is 421 g/mol. The number of halogens is 2. The molecule has 6 nitrogen and oxygen atoms in total. The van der Waals surface area contributed by atoms with Gasteiger partial charge in [0.15, 0.2) is 0 Å². The molecule has 1 unspecified atom stereocenters. The molecule has 0 radical (unpaired) electrons. The van der Waals surface area contributed by atoms with Crippen LogP contribution in [0.5, 0.6) is 5.75 Å². The lowest BCUT2D eigenvalue weighted by atomic mass is 9.87. The van der Waals surface area contributed by atoms with Crippen LogP contribution in [0.15, 0.2) is 47.5 Å². The van der Waals surface area contributed by atoms with E-state index < -0.39 is 5.66 Å². The van der Waals surface area contributed by atoms with Crippen molar-refractivity contribution in [2.24, 2.45) is 4.99 Å². The number of phenols is 1. The molecule has 31 heavy (non-hydrogen) atoms. The summed E-state index contributed by atoms with van der Waals surface area (Å²) < 4.78 is 18.6. The molecule has 164 valence electrons. The van der Waals surface area contributed by atoms with Crippen LogP contribution in [0, 0.1) is 5.82 Å². The van der Waals surface area contributed by atoms with Crippen LogP contribution in [-0.2, 0) is 4.74 Å². The second-order valence-electron chi connectivity index (χ2n) is 7.89. The van der Waals surface area contributed by atoms with Crippen LogP contribution < -0.4 is 5.32 Å². The van der Waals surface area contributed by atoms with Crippen molar-refractivity contribution in [3.63, 3.8) is 0 Å². The van der Waals surface area contributed by atoms with Crippen LogP contribution in [0.4, 0.5) is 9.18 Å². The highest BCUT2D eigenvalue weighted by Gasteiger charge is 2.41. The van der Waals surface area contributed by atoms with Gasteiger partial charge in [-0.05, 0) is 42.8 Å². The Morgan fingerprint density at radius 1 is 1.29 bits per heavy atom. The minimum Gasteiger partial charge on any atom is -0.507 e. The average molecular weight is 446 g/mol. The highest BCUT2D eigenvalue weighted by Crippen LogP contribution is 2.37. The predicted octanol–water partition coefficient (Wildman–Crippen LogP) is 4.66. The monoisotopic (exact) mass is 445 g/mol. The maximum Gasteiger partial charge on any atom is 0.409 e. The number of nitrogens with zero attached hydrogens (tertiary/aromatic N) is 2. The Bertz CT molecular complexity index is 988. The zero-order valence-electron chi connectivity index (χ0n) is 17.3. The molecule has 1 atom stereocenters. The van der Waals surface area contributed by atoms with E-state index in [0.29, 0.717) is 49.5 Å². The predicted molar refractivity (Wildman–Crippen MR) is 117 cm³/mol. The third kappa shape index (κ3) is 4.67. The molecule has 2 N–H and O–H groups in total. The van der Waals surface area contributed by atoms with Gasteiger partial charge in [0.2, 0.25) is 0 Å². The highest BCUT2D eigenvalue weighted by molar-refractivity contribution is 6.31. The van der Waals surface area contributed by atoms with E-state index in [9.17, 15) is 14.3 Å². The van der Waals surface area contributed by atoms with Gasteiger partial charge in [-0.1, -0.05) is 23.7 Å². The molecule has 1 saturated heterocycles. The zero-order chi connectivity index (χ0) is 22.0. The van der Waals surface area contributed by atoms with Crippen molar-refractivity contribution in [3.8, 4) is 5.75 Å². The summed E-state index contributed by atoms with van der Waals surface area (Å²) in [6.07, 6.45) is 1.38. The summed E-state index contributed by atoms with van der Waals surface area (Å²) in [6, 6.07) is 11.2. The molecule has 2 aromatic carbocycles. The van der Waals surface area contributed by atoms with Gasteiger partial charge in [-0.2, -0.15) is 0 Å². The number of aromatic hydroxyl groups is 1. The van der Waals surface area contributed by atoms with Crippen molar-refractivity contribution >= 4 is 23.4 Å². The molecule has 0 aliphatic carbocycles. The van der Waals surface area contributed by atoms with Gasteiger partial charge >= 0.3 is 6.09 Å². The number of hydrogen-bond donors (Lipinski definition) is 2. The molecule has 1 fully saturated rings. The lowest BCUT2D eigenvalue weighted by molar-refractivity contribution is 0.0779. The lowest BCUT2D eigenvalue weighted by Gasteiger charge is -2.45. The highest BCUT2D eigenvalue weighted by atomic mass is 35.5. The lowest BCUT2D eigenvalue weighted by Crippen LogP contribution is -2.56. The Hall–Kier alpha value is -2.64. The second kappa shape index (κ2) is 8.85. The Kier molecular flexibility index (Phi) is 6.16. The van der Waals surface area contributed by atoms with Crippen LogP contribution >= 0.6 is 11.6 Å². The standard InChI is InChI=1S/C23H25ClFN3O3/c1-2-31-22(30)28-11-9-23(10-12-28)26-19(15-3-6-17(25)7-4-15)14-20(27-23)18-13-16(24)5-8-21(18)29/h3-8,13,19,26,29H,2,9-12,14H2,1H3. The fourth-order valence-electron chi connectivity index (χ4n) is 4.24. The van der Waals surface area contributed by atoms with Crippen LogP contribution in [0.3, 0.4) is 0 Å². The summed E-state index contributed by atoms with van der Waals surface area (Å²) in [5.74, 6) is -0.180. The van der Waals surface area contributed by atoms with Gasteiger partial charge in [0.25, 0.3) is 0 Å². The Balaban J connectivity index is 1.67. The first kappa shape index (κ1) is 21.6. The van der Waals surface area contributed by atoms with Crippen molar-refractivity contribution in [3.05, 3.63) is 64.4 Å². The van der Waals surface area contributed by atoms with E-state index in [4.69, 9.17) is 21.3 Å². The summed E-state index contributed by atoms with van der Waals surface area (Å²) >= 11 is 6.19. The number of carbonyl (C=O) groups is 1. The molecule has 2 aromatic rings. The first-order valence-corrected chi connectivity index (χ1v) is 10.8. The van der Waals surface area contributed by atoms with Gasteiger partial charge < -0.3 is 14.7 Å². The topological polar surface area (TPSA) is 74.2 Å². The molecule has 1 spiro atoms. The largest absolute Gasteiger partial charge is 0.507 e. The normalized spacial score (nSPS) is 20.4. The number of hydrogen-bond acceptors (Lipinski definition) is 5. The number of ether oxygens (including phenoxy) is 1. The van der Waals surface area contributed by atoms with E-state index in [1.807, 2.05) is 0 Å². The quantitative estimate of drug-likeness (QED) is 0.720. The van der Waals surface area contributed by atoms with Crippen molar-refractivity contribution < 1.29 is 19.0 Å². The van der Waals surface area contributed by atoms with Crippen LogP contribution in [0.25, 0.3) is 0 Å². The Morgan fingerprint density at radius 3 is 2.68 bits per heavy atom. The van der Waals surface area contributed by atoms with Crippen LogP contribution in [0.1, 0.15) is 43.4 Å². The summed E-state index contributed by atoms with van der Waals surface area (Å²) in [7, 11) is 0. The van der Waals surface area contributed by atoms with Crippen molar-refractivity contribution in [2.75, 3.05) is 19.7 Å². The molecule has 2 heterocycles. The van der Waals surface area contributed by atoms with Crippen molar-refractivity contribution in [1.82, 2.24) is 10.2 Å². The summed E-state index contributed by atoms with van der Waals surface area (Å²) in [6.45, 7) is 3.12. The summed E-state index contributed by atoms with van der Waals surface area (Å²) in [4.78, 5) is 18.8. The van der Waals surface area contributed by atoms with Crippen LogP contribution in [-0.4, -0.2) is 47.2 Å². The minimum absolute atomic E-state index is 0.113. The average Bonchev–Trinajstić information content (AvgIpc) is 2.76. The van der Waals surface area contributed by atoms with Crippen molar-refractivity contribution in [2.45, 2.75) is 37.9 Å². The smallest absolute Gasteiger partial charge is 0.409 e. The first-order chi connectivity index (χ1) is 14.9. The molecule has 4 rings (SSSR count). The summed E-state index contributed by atoms with van der Waals surface area (Å²) in [5, 5.41) is 14.6. The number of likely N-dealkylation sites (tertiary alicyclic amines) is 1. The maximum absolute atomic E-state index is 13.5. The van der Waals surface area contributed by atoms with Gasteiger partial charge in [0, 0.05) is 54.7 Å². The number of nitrogens with one attached hydrogen (secondary N) is 1. The molecule has 2 aliphatic heterocycles. The van der Waals surface area contributed by atoms with E-state index in [1.165, 1.54) is 12.1 Å². The molecular formula is C23H25ClFN3O3. The van der Waals surface area contributed by atoms with E-state index in [2.05, 4.69) is 5.32 Å². The van der Waals surface area contributed by atoms with E-state index >= 15 is 0 Å². The molecule has 0 bridgehead atoms. The van der Waals surface area contributed by atoms with Gasteiger partial charge in [-0.15, -0.1) is 0 Å². The minimum atomic E-state index is -0.607. The zero-order valence-corrected chi connectivity index (χ0v) is 18.0. The summed E-state index contributed by atoms with van der Waals surface area (Å²) in [5.41, 5.74) is 1.65. The third-order valence-electron chi connectivity index (χ3n) is 5.85. The fraction of sp³-hybridized carbons (Fsp3) is 0.391. The number of rotatable bonds is 3. The van der Waals surface area contributed by atoms with Gasteiger partial charge in [-0.25, -0.2) is 9.18 Å². The molecule has 1 amide bonds. The van der Waals surface area contributed by atoms with Crippen LogP contribution in [0.2, 0.25) is 5.02 Å². The molecule has 8 heteroatoms. The SMILES string of the molecule is CCOC(=O)N1CCC2(CC1)N=C(c1cc(Cl)ccc1O)CC(c1ccc(F)cc1)N2. The number of benzene rings is 2. The van der Waals surface area contributed by atoms with Gasteiger partial charge in [-0.3, -0.25) is 10.3 Å². The molecule has 0 aromatic heterocycles. The molecule has 2 aliphatic rings. The van der Waals surface area contributed by atoms with E-state index in [0.717, 1.165) is 11.3 Å². The van der Waals surface area contributed by atoms with E-state index in [-0.39, 0.29) is 23.7 Å².